The molecule has 4 nitrogen and oxygen atoms in total. The number of benzene rings is 7. The van der Waals surface area contributed by atoms with Gasteiger partial charge in [0.25, 0.3) is 0 Å². The van der Waals surface area contributed by atoms with Crippen LogP contribution in [0.5, 0.6) is 0 Å². The van der Waals surface area contributed by atoms with Crippen LogP contribution in [0.2, 0.25) is 0 Å². The number of allylic oxidation sites excluding steroid dienone is 4. The topological polar surface area (TPSA) is 41.9 Å². The van der Waals surface area contributed by atoms with Gasteiger partial charge in [-0.05, 0) is 80.3 Å². The van der Waals surface area contributed by atoms with Crippen molar-refractivity contribution in [3.8, 4) is 67.3 Å². The lowest BCUT2D eigenvalue weighted by atomic mass is 9.81. The maximum atomic E-state index is 5.31. The van der Waals surface area contributed by atoms with Crippen LogP contribution in [0.15, 0.2) is 194 Å². The lowest BCUT2D eigenvalue weighted by Crippen LogP contribution is -2.19. The normalized spacial score (nSPS) is 15.7. The van der Waals surface area contributed by atoms with Crippen LogP contribution in [0, 0.1) is 0 Å². The molecule has 4 heteroatoms. The van der Waals surface area contributed by atoms with E-state index < -0.39 is 0 Å². The number of anilines is 2. The molecule has 2 aliphatic carbocycles. The Labute approximate surface area is 339 Å². The van der Waals surface area contributed by atoms with Crippen LogP contribution in [0.4, 0.5) is 11.6 Å². The molecule has 7 aromatic carbocycles. The summed E-state index contributed by atoms with van der Waals surface area (Å²) in [4.78, 5) is 18.0. The van der Waals surface area contributed by atoms with Crippen LogP contribution in [-0.2, 0) is 5.41 Å². The fourth-order valence-corrected chi connectivity index (χ4v) is 9.31. The molecule has 1 aliphatic heterocycles. The van der Waals surface area contributed by atoms with E-state index in [0.717, 1.165) is 39.9 Å². The predicted molar refractivity (Wildman–Crippen MR) is 238 cm³/mol. The second-order valence-corrected chi connectivity index (χ2v) is 16.0. The molecule has 0 radical (unpaired) electrons. The molecule has 1 atom stereocenters. The first kappa shape index (κ1) is 34.1. The molecule has 0 amide bonds. The number of nitrogens with zero attached hydrogens (tertiary/aromatic N) is 4. The van der Waals surface area contributed by atoms with Crippen LogP contribution < -0.4 is 4.90 Å². The number of hydrogen-bond acceptors (Lipinski definition) is 4. The summed E-state index contributed by atoms with van der Waals surface area (Å²) in [6.45, 7) is 4.69. The molecule has 0 N–H and O–H groups in total. The van der Waals surface area contributed by atoms with Crippen LogP contribution >= 0.6 is 0 Å². The second-order valence-electron chi connectivity index (χ2n) is 16.0. The van der Waals surface area contributed by atoms with Crippen molar-refractivity contribution in [3.63, 3.8) is 0 Å². The Balaban J connectivity index is 1.05. The van der Waals surface area contributed by atoms with E-state index >= 15 is 0 Å². The SMILES string of the molecule is CC1(C)c2ccccc2-c2ccc(-c3cccc(-c4cccc5c4N(c4nc(-c6ccccc6)nc(-c6ccc(-c7ccccc7)cc6)n4)C4=CC=CCC45)c3)cc21. The minimum absolute atomic E-state index is 0.0652. The van der Waals surface area contributed by atoms with Gasteiger partial charge in [-0.3, -0.25) is 4.90 Å². The molecule has 3 aliphatic rings. The quantitative estimate of drug-likeness (QED) is 0.170. The summed E-state index contributed by atoms with van der Waals surface area (Å²) in [5.41, 5.74) is 17.9. The highest BCUT2D eigenvalue weighted by molar-refractivity contribution is 5.92. The Morgan fingerprint density at radius 2 is 1.05 bits per heavy atom. The highest BCUT2D eigenvalue weighted by atomic mass is 15.3. The second kappa shape index (κ2) is 13.5. The van der Waals surface area contributed by atoms with E-state index in [9.17, 15) is 0 Å². The van der Waals surface area contributed by atoms with Gasteiger partial charge in [0.1, 0.15) is 0 Å². The van der Waals surface area contributed by atoms with Gasteiger partial charge in [0, 0.05) is 33.7 Å². The van der Waals surface area contributed by atoms with Crippen LogP contribution in [-0.4, -0.2) is 15.0 Å². The molecule has 58 heavy (non-hydrogen) atoms. The smallest absolute Gasteiger partial charge is 0.238 e. The molecule has 8 aromatic rings. The maximum absolute atomic E-state index is 5.31. The lowest BCUT2D eigenvalue weighted by Gasteiger charge is -2.25. The lowest BCUT2D eigenvalue weighted by molar-refractivity contribution is 0.660. The third-order valence-corrected chi connectivity index (χ3v) is 12.3. The van der Waals surface area contributed by atoms with Gasteiger partial charge in [-0.2, -0.15) is 9.97 Å². The fraction of sp³-hybridized carbons (Fsp3) is 0.0926. The average Bonchev–Trinajstić information content (AvgIpc) is 3.75. The summed E-state index contributed by atoms with van der Waals surface area (Å²) in [6.07, 6.45) is 7.58. The molecule has 0 saturated heterocycles. The van der Waals surface area contributed by atoms with Gasteiger partial charge in [0.15, 0.2) is 11.6 Å². The first-order chi connectivity index (χ1) is 28.5. The monoisotopic (exact) mass is 744 g/mol. The molecule has 1 unspecified atom stereocenters. The largest absolute Gasteiger partial charge is 0.281 e. The van der Waals surface area contributed by atoms with E-state index in [1.54, 1.807) is 0 Å². The fourth-order valence-electron chi connectivity index (χ4n) is 9.31. The molecule has 0 bridgehead atoms. The summed E-state index contributed by atoms with van der Waals surface area (Å²) in [6, 6.07) is 60.8. The van der Waals surface area contributed by atoms with Crippen molar-refractivity contribution in [2.24, 2.45) is 0 Å². The zero-order valence-electron chi connectivity index (χ0n) is 32.5. The summed E-state index contributed by atoms with van der Waals surface area (Å²) < 4.78 is 0. The minimum atomic E-state index is -0.0652. The third kappa shape index (κ3) is 5.55. The first-order valence-corrected chi connectivity index (χ1v) is 20.1. The first-order valence-electron chi connectivity index (χ1n) is 20.1. The van der Waals surface area contributed by atoms with E-state index in [4.69, 9.17) is 15.0 Å². The van der Waals surface area contributed by atoms with E-state index in [1.165, 1.54) is 50.2 Å². The average molecular weight is 745 g/mol. The highest BCUT2D eigenvalue weighted by Crippen LogP contribution is 2.54. The van der Waals surface area contributed by atoms with Crippen LogP contribution in [0.1, 0.15) is 42.9 Å². The highest BCUT2D eigenvalue weighted by Gasteiger charge is 2.39. The molecule has 0 fully saturated rings. The number of fused-ring (bicyclic) bond motifs is 6. The van der Waals surface area contributed by atoms with Gasteiger partial charge in [-0.1, -0.05) is 184 Å². The van der Waals surface area contributed by atoms with E-state index in [2.05, 4.69) is 183 Å². The van der Waals surface area contributed by atoms with Gasteiger partial charge in [-0.25, -0.2) is 4.98 Å². The van der Waals surface area contributed by atoms with Crippen LogP contribution in [0.25, 0.3) is 67.3 Å². The minimum Gasteiger partial charge on any atom is -0.281 e. The molecule has 1 aromatic heterocycles. The summed E-state index contributed by atoms with van der Waals surface area (Å²) in [7, 11) is 0. The van der Waals surface area contributed by atoms with Crippen molar-refractivity contribution in [3.05, 3.63) is 210 Å². The number of para-hydroxylation sites is 1. The molecule has 0 saturated carbocycles. The standard InChI is InChI=1S/C54H40N4/c1-54(2)47-25-11-9-21-43(47)44-32-31-40(34-48(44)54)39-19-13-20-41(33-39)42-23-14-24-46-45-22-10-12-26-49(45)58(50(42)46)53-56-51(37-17-7-4-8-18-37)55-52(57-53)38-29-27-36(28-30-38)35-15-5-3-6-16-35/h3-21,23-34,45H,22H2,1-2H3. The summed E-state index contributed by atoms with van der Waals surface area (Å²) in [5, 5.41) is 0. The van der Waals surface area contributed by atoms with Crippen LogP contribution in [0.3, 0.4) is 0 Å². The molecular formula is C54H40N4. The van der Waals surface area contributed by atoms with Crippen molar-refractivity contribution in [2.75, 3.05) is 4.90 Å². The maximum Gasteiger partial charge on any atom is 0.238 e. The number of hydrogen-bond donors (Lipinski definition) is 0. The van der Waals surface area contributed by atoms with E-state index in [0.29, 0.717) is 17.6 Å². The Morgan fingerprint density at radius 1 is 0.483 bits per heavy atom. The number of rotatable bonds is 6. The summed E-state index contributed by atoms with van der Waals surface area (Å²) in [5.74, 6) is 2.09. The Hall–Kier alpha value is -7.17. The Bertz CT molecular complexity index is 2940. The van der Waals surface area contributed by atoms with Gasteiger partial charge in [0.05, 0.1) is 5.69 Å². The van der Waals surface area contributed by atoms with Gasteiger partial charge < -0.3 is 0 Å². The van der Waals surface area contributed by atoms with Crippen molar-refractivity contribution in [2.45, 2.75) is 31.6 Å². The van der Waals surface area contributed by atoms with Gasteiger partial charge in [0.2, 0.25) is 5.95 Å². The zero-order valence-corrected chi connectivity index (χ0v) is 32.5. The Morgan fingerprint density at radius 3 is 1.84 bits per heavy atom. The van der Waals surface area contributed by atoms with Gasteiger partial charge in [-0.15, -0.1) is 0 Å². The van der Waals surface area contributed by atoms with Crippen molar-refractivity contribution in [1.29, 1.82) is 0 Å². The Kier molecular flexibility index (Phi) is 7.94. The van der Waals surface area contributed by atoms with Crippen molar-refractivity contribution in [1.82, 2.24) is 15.0 Å². The molecule has 2 heterocycles. The molecule has 11 rings (SSSR count). The predicted octanol–water partition coefficient (Wildman–Crippen LogP) is 13.6. The van der Waals surface area contributed by atoms with E-state index in [-0.39, 0.29) is 11.3 Å². The zero-order chi connectivity index (χ0) is 38.8. The number of aromatic nitrogens is 3. The molecule has 0 spiro atoms. The van der Waals surface area contributed by atoms with Crippen molar-refractivity contribution < 1.29 is 0 Å². The summed E-state index contributed by atoms with van der Waals surface area (Å²) >= 11 is 0. The molecule has 276 valence electrons. The van der Waals surface area contributed by atoms with E-state index in [1.807, 2.05) is 24.3 Å². The van der Waals surface area contributed by atoms with Crippen molar-refractivity contribution >= 4 is 11.6 Å². The van der Waals surface area contributed by atoms with Gasteiger partial charge >= 0.3 is 0 Å². The molecular weight excluding hydrogens is 705 g/mol. The third-order valence-electron chi connectivity index (χ3n) is 12.3.